The molecule has 0 heterocycles. The molecular weight excluding hydrogens is 108 g/mol. The Labute approximate surface area is 56.3 Å². The molecule has 1 radical (unpaired) electrons. The van der Waals surface area contributed by atoms with Crippen LogP contribution >= 0.6 is 0 Å². The third-order valence-corrected chi connectivity index (χ3v) is 1.42. The highest BCUT2D eigenvalue weighted by atomic mass is 14.2. The van der Waals surface area contributed by atoms with E-state index in [4.69, 9.17) is 6.42 Å². The number of allylic oxidation sites excluding steroid dienone is 4. The molecule has 0 heteroatoms. The zero-order valence-electron chi connectivity index (χ0n) is 5.46. The number of hydrogen-bond donors (Lipinski definition) is 0. The average Bonchev–Trinajstić information content (AvgIpc) is 1.90. The van der Waals surface area contributed by atoms with Crippen LogP contribution in [0.25, 0.3) is 0 Å². The lowest BCUT2D eigenvalue weighted by Gasteiger charge is -2.17. The molecule has 0 saturated carbocycles. The lowest BCUT2D eigenvalue weighted by Crippen LogP contribution is -2.10. The van der Waals surface area contributed by atoms with Crippen LogP contribution < -0.4 is 0 Å². The smallest absolute Gasteiger partial charge is 0.0534 e. The first kappa shape index (κ1) is 6.16. The van der Waals surface area contributed by atoms with E-state index < -0.39 is 0 Å². The van der Waals surface area contributed by atoms with Gasteiger partial charge in [0.1, 0.15) is 0 Å². The Kier molecular flexibility index (Phi) is 1.44. The van der Waals surface area contributed by atoms with Gasteiger partial charge in [0.15, 0.2) is 0 Å². The molecule has 0 aromatic heterocycles. The first-order valence-electron chi connectivity index (χ1n) is 2.95. The molecule has 9 heavy (non-hydrogen) atoms. The molecule has 1 rings (SSSR count). The van der Waals surface area contributed by atoms with Crippen molar-refractivity contribution in [2.24, 2.45) is 5.41 Å². The van der Waals surface area contributed by atoms with Crippen molar-refractivity contribution in [2.45, 2.75) is 6.92 Å². The van der Waals surface area contributed by atoms with Crippen LogP contribution in [0.15, 0.2) is 24.3 Å². The van der Waals surface area contributed by atoms with Gasteiger partial charge in [-0.1, -0.05) is 30.2 Å². The van der Waals surface area contributed by atoms with Gasteiger partial charge in [0.25, 0.3) is 0 Å². The summed E-state index contributed by atoms with van der Waals surface area (Å²) < 4.78 is 0. The fourth-order valence-electron chi connectivity index (χ4n) is 0.727. The van der Waals surface area contributed by atoms with Crippen molar-refractivity contribution >= 4 is 0 Å². The van der Waals surface area contributed by atoms with Crippen molar-refractivity contribution in [2.75, 3.05) is 0 Å². The second-order valence-electron chi connectivity index (χ2n) is 2.34. The Morgan fingerprint density at radius 1 is 1.33 bits per heavy atom. The molecule has 1 aliphatic carbocycles. The van der Waals surface area contributed by atoms with Gasteiger partial charge in [-0.2, -0.15) is 0 Å². The van der Waals surface area contributed by atoms with Gasteiger partial charge in [0, 0.05) is 6.42 Å². The van der Waals surface area contributed by atoms with Gasteiger partial charge in [-0.15, -0.1) is 6.42 Å². The van der Waals surface area contributed by atoms with Crippen molar-refractivity contribution in [3.05, 3.63) is 30.7 Å². The lowest BCUT2D eigenvalue weighted by atomic mass is 9.85. The van der Waals surface area contributed by atoms with E-state index in [9.17, 15) is 0 Å². The zero-order valence-corrected chi connectivity index (χ0v) is 5.46. The molecule has 0 aromatic carbocycles. The van der Waals surface area contributed by atoms with Crippen molar-refractivity contribution in [1.82, 2.24) is 0 Å². The molecule has 1 unspecified atom stereocenters. The Morgan fingerprint density at radius 3 is 2.44 bits per heavy atom. The summed E-state index contributed by atoms with van der Waals surface area (Å²) in [6.45, 7) is 2.01. The Morgan fingerprint density at radius 2 is 2.11 bits per heavy atom. The average molecular weight is 117 g/mol. The summed E-state index contributed by atoms with van der Waals surface area (Å²) in [7, 11) is 0. The van der Waals surface area contributed by atoms with Crippen molar-refractivity contribution in [1.29, 1.82) is 0 Å². The number of rotatable bonds is 0. The lowest BCUT2D eigenvalue weighted by molar-refractivity contribution is 0.700. The molecule has 0 fully saturated rings. The van der Waals surface area contributed by atoms with E-state index in [1.807, 2.05) is 37.6 Å². The van der Waals surface area contributed by atoms with Gasteiger partial charge >= 0.3 is 0 Å². The maximum Gasteiger partial charge on any atom is 0.0534 e. The highest BCUT2D eigenvalue weighted by Crippen LogP contribution is 2.23. The summed E-state index contributed by atoms with van der Waals surface area (Å²) >= 11 is 0. The van der Waals surface area contributed by atoms with Crippen molar-refractivity contribution in [3.8, 4) is 12.3 Å². The van der Waals surface area contributed by atoms with Crippen LogP contribution in [0.4, 0.5) is 0 Å². The fraction of sp³-hybridized carbons (Fsp3) is 0.222. The van der Waals surface area contributed by atoms with Crippen LogP contribution in [-0.4, -0.2) is 0 Å². The second kappa shape index (κ2) is 2.11. The standard InChI is InChI=1S/C9H9/c1-3-9(2)7-5-4-6-8-9/h1,4-8H,2H3. The summed E-state index contributed by atoms with van der Waals surface area (Å²) in [5.74, 6) is 2.69. The van der Waals surface area contributed by atoms with Gasteiger partial charge in [0.2, 0.25) is 0 Å². The summed E-state index contributed by atoms with van der Waals surface area (Å²) in [5.41, 5.74) is -0.144. The van der Waals surface area contributed by atoms with E-state index >= 15 is 0 Å². The Bertz CT molecular complexity index is 191. The van der Waals surface area contributed by atoms with Gasteiger partial charge in [-0.25, -0.2) is 0 Å². The van der Waals surface area contributed by atoms with E-state index in [-0.39, 0.29) is 5.41 Å². The van der Waals surface area contributed by atoms with Crippen molar-refractivity contribution in [3.63, 3.8) is 0 Å². The van der Waals surface area contributed by atoms with Gasteiger partial charge < -0.3 is 0 Å². The van der Waals surface area contributed by atoms with E-state index in [1.165, 1.54) is 0 Å². The SMILES string of the molecule is C#CC1(C)[CH]C=CC=C1. The van der Waals surface area contributed by atoms with Crippen LogP contribution in [0.5, 0.6) is 0 Å². The highest BCUT2D eigenvalue weighted by molar-refractivity contribution is 5.31. The van der Waals surface area contributed by atoms with E-state index in [1.54, 1.807) is 0 Å². The number of hydrogen-bond acceptors (Lipinski definition) is 0. The molecule has 1 aliphatic rings. The quantitative estimate of drug-likeness (QED) is 0.425. The second-order valence-corrected chi connectivity index (χ2v) is 2.34. The maximum absolute atomic E-state index is 5.27. The predicted molar refractivity (Wildman–Crippen MR) is 39.5 cm³/mol. The van der Waals surface area contributed by atoms with E-state index in [2.05, 4.69) is 5.92 Å². The molecule has 0 amide bonds. The molecule has 0 spiro atoms. The predicted octanol–water partition coefficient (Wildman–Crippen LogP) is 1.96. The monoisotopic (exact) mass is 117 g/mol. The molecule has 0 aliphatic heterocycles. The molecule has 0 aromatic rings. The molecule has 1 atom stereocenters. The topological polar surface area (TPSA) is 0 Å². The molecule has 45 valence electrons. The van der Waals surface area contributed by atoms with Crippen molar-refractivity contribution < 1.29 is 0 Å². The van der Waals surface area contributed by atoms with Crippen LogP contribution in [0.2, 0.25) is 0 Å². The minimum atomic E-state index is -0.144. The van der Waals surface area contributed by atoms with Crippen LogP contribution in [-0.2, 0) is 0 Å². The third-order valence-electron chi connectivity index (χ3n) is 1.42. The third kappa shape index (κ3) is 1.23. The summed E-state index contributed by atoms with van der Waals surface area (Å²) in [6, 6.07) is 0. The largest absolute Gasteiger partial charge is 0.119 e. The zero-order chi connectivity index (χ0) is 6.74. The fourth-order valence-corrected chi connectivity index (χ4v) is 0.727. The molecule has 0 N–H and O–H groups in total. The summed E-state index contributed by atoms with van der Waals surface area (Å²) in [4.78, 5) is 0. The van der Waals surface area contributed by atoms with Gasteiger partial charge in [-0.3, -0.25) is 0 Å². The minimum absolute atomic E-state index is 0.144. The molecule has 0 bridgehead atoms. The summed E-state index contributed by atoms with van der Waals surface area (Å²) in [5, 5.41) is 0. The first-order chi connectivity index (χ1) is 4.27. The van der Waals surface area contributed by atoms with Crippen LogP contribution in [0, 0.1) is 24.2 Å². The number of terminal acetylenes is 1. The maximum atomic E-state index is 5.27. The summed E-state index contributed by atoms with van der Waals surface area (Å²) in [6.07, 6.45) is 15.2. The Balaban J connectivity index is 2.77. The highest BCUT2D eigenvalue weighted by Gasteiger charge is 2.16. The van der Waals surface area contributed by atoms with Crippen LogP contribution in [0.1, 0.15) is 6.92 Å². The minimum Gasteiger partial charge on any atom is -0.119 e. The molecular formula is C9H9. The van der Waals surface area contributed by atoms with Crippen LogP contribution in [0.3, 0.4) is 0 Å². The first-order valence-corrected chi connectivity index (χ1v) is 2.95. The Hall–Kier alpha value is -0.960. The molecule has 0 saturated heterocycles. The van der Waals surface area contributed by atoms with Gasteiger partial charge in [0.05, 0.1) is 5.41 Å². The molecule has 0 nitrogen and oxygen atoms in total. The normalized spacial score (nSPS) is 32.0. The van der Waals surface area contributed by atoms with E-state index in [0.29, 0.717) is 0 Å². The van der Waals surface area contributed by atoms with E-state index in [0.717, 1.165) is 0 Å². The van der Waals surface area contributed by atoms with Gasteiger partial charge in [-0.05, 0) is 6.92 Å².